The molecule has 6 heteroatoms. The zero-order valence-electron chi connectivity index (χ0n) is 10.8. The van der Waals surface area contributed by atoms with E-state index in [1.54, 1.807) is 12.4 Å². The second-order valence-electron chi connectivity index (χ2n) is 4.52. The van der Waals surface area contributed by atoms with Gasteiger partial charge in [0.2, 0.25) is 5.88 Å². The van der Waals surface area contributed by atoms with Gasteiger partial charge in [-0.1, -0.05) is 28.1 Å². The van der Waals surface area contributed by atoms with Gasteiger partial charge in [0.05, 0.1) is 19.0 Å². The van der Waals surface area contributed by atoms with E-state index in [9.17, 15) is 0 Å². The SMILES string of the molecule is OCCOc1cncc(N2Cc3cccc(Br)c3C2)n1. The van der Waals surface area contributed by atoms with Crippen LogP contribution < -0.4 is 9.64 Å². The lowest BCUT2D eigenvalue weighted by Gasteiger charge is -2.16. The quantitative estimate of drug-likeness (QED) is 0.927. The van der Waals surface area contributed by atoms with Crippen molar-refractivity contribution in [1.29, 1.82) is 0 Å². The molecule has 1 aliphatic rings. The van der Waals surface area contributed by atoms with Gasteiger partial charge in [-0.3, -0.25) is 4.98 Å². The number of ether oxygens (including phenoxy) is 1. The molecule has 104 valence electrons. The van der Waals surface area contributed by atoms with Gasteiger partial charge in [0.1, 0.15) is 6.61 Å². The number of nitrogens with zero attached hydrogens (tertiary/aromatic N) is 3. The van der Waals surface area contributed by atoms with Crippen molar-refractivity contribution in [2.75, 3.05) is 18.1 Å². The van der Waals surface area contributed by atoms with Gasteiger partial charge >= 0.3 is 0 Å². The molecule has 0 spiro atoms. The summed E-state index contributed by atoms with van der Waals surface area (Å²) in [4.78, 5) is 10.7. The molecule has 0 radical (unpaired) electrons. The Hall–Kier alpha value is -1.66. The summed E-state index contributed by atoms with van der Waals surface area (Å²) >= 11 is 3.58. The van der Waals surface area contributed by atoms with E-state index < -0.39 is 0 Å². The van der Waals surface area contributed by atoms with Crippen molar-refractivity contribution in [2.45, 2.75) is 13.1 Å². The Balaban J connectivity index is 1.80. The number of aromatic nitrogens is 2. The molecule has 0 bridgehead atoms. The first-order valence-electron chi connectivity index (χ1n) is 6.35. The predicted molar refractivity (Wildman–Crippen MR) is 78.6 cm³/mol. The topological polar surface area (TPSA) is 58.5 Å². The summed E-state index contributed by atoms with van der Waals surface area (Å²) in [7, 11) is 0. The molecule has 0 aliphatic carbocycles. The summed E-state index contributed by atoms with van der Waals surface area (Å²) in [5.41, 5.74) is 2.58. The van der Waals surface area contributed by atoms with Gasteiger partial charge < -0.3 is 14.7 Å². The predicted octanol–water partition coefficient (Wildman–Crippen LogP) is 2.13. The van der Waals surface area contributed by atoms with Crippen LogP contribution in [0.3, 0.4) is 0 Å². The van der Waals surface area contributed by atoms with Crippen molar-refractivity contribution >= 4 is 21.7 Å². The molecule has 3 rings (SSSR count). The van der Waals surface area contributed by atoms with E-state index >= 15 is 0 Å². The van der Waals surface area contributed by atoms with Gasteiger partial charge in [-0.2, -0.15) is 4.98 Å². The molecule has 0 atom stereocenters. The van der Waals surface area contributed by atoms with Crippen LogP contribution in [0.5, 0.6) is 5.88 Å². The number of fused-ring (bicyclic) bond motifs is 1. The number of anilines is 1. The highest BCUT2D eigenvalue weighted by Crippen LogP contribution is 2.32. The number of aliphatic hydroxyl groups excluding tert-OH is 1. The van der Waals surface area contributed by atoms with Crippen LogP contribution in [0.1, 0.15) is 11.1 Å². The third-order valence-corrected chi connectivity index (χ3v) is 3.93. The molecular formula is C14H14BrN3O2. The first kappa shape index (κ1) is 13.3. The molecule has 1 aliphatic heterocycles. The smallest absolute Gasteiger partial charge is 0.234 e. The second-order valence-corrected chi connectivity index (χ2v) is 5.38. The first-order valence-corrected chi connectivity index (χ1v) is 7.14. The second kappa shape index (κ2) is 5.76. The van der Waals surface area contributed by atoms with Crippen molar-refractivity contribution in [3.8, 4) is 5.88 Å². The van der Waals surface area contributed by atoms with E-state index in [1.807, 2.05) is 6.07 Å². The number of benzene rings is 1. The third-order valence-electron chi connectivity index (χ3n) is 3.19. The fourth-order valence-electron chi connectivity index (χ4n) is 2.25. The van der Waals surface area contributed by atoms with Crippen LogP contribution in [0, 0.1) is 0 Å². The number of hydrogen-bond donors (Lipinski definition) is 1. The fraction of sp³-hybridized carbons (Fsp3) is 0.286. The van der Waals surface area contributed by atoms with E-state index in [2.05, 4.69) is 42.9 Å². The summed E-state index contributed by atoms with van der Waals surface area (Å²) in [5.74, 6) is 1.22. The number of aliphatic hydroxyl groups is 1. The normalized spacial score (nSPS) is 13.4. The Morgan fingerprint density at radius 1 is 1.30 bits per heavy atom. The Morgan fingerprint density at radius 3 is 3.00 bits per heavy atom. The average molecular weight is 336 g/mol. The molecular weight excluding hydrogens is 322 g/mol. The van der Waals surface area contributed by atoms with E-state index in [0.717, 1.165) is 23.4 Å². The summed E-state index contributed by atoms with van der Waals surface area (Å²) in [6.07, 6.45) is 3.28. The zero-order valence-corrected chi connectivity index (χ0v) is 12.4. The highest BCUT2D eigenvalue weighted by Gasteiger charge is 2.22. The summed E-state index contributed by atoms with van der Waals surface area (Å²) < 4.78 is 6.42. The third kappa shape index (κ3) is 2.62. The Bertz CT molecular complexity index is 621. The van der Waals surface area contributed by atoms with Gasteiger partial charge in [0.25, 0.3) is 0 Å². The lowest BCUT2D eigenvalue weighted by molar-refractivity contribution is 0.196. The highest BCUT2D eigenvalue weighted by molar-refractivity contribution is 9.10. The molecule has 0 saturated carbocycles. The monoisotopic (exact) mass is 335 g/mol. The molecule has 0 fully saturated rings. The number of hydrogen-bond acceptors (Lipinski definition) is 5. The molecule has 0 amide bonds. The molecule has 5 nitrogen and oxygen atoms in total. The maximum absolute atomic E-state index is 8.77. The summed E-state index contributed by atoms with van der Waals surface area (Å²) in [5, 5.41) is 8.77. The molecule has 2 heterocycles. The van der Waals surface area contributed by atoms with E-state index in [1.165, 1.54) is 11.1 Å². The van der Waals surface area contributed by atoms with Crippen LogP contribution in [0.15, 0.2) is 35.1 Å². The highest BCUT2D eigenvalue weighted by atomic mass is 79.9. The average Bonchev–Trinajstić information content (AvgIpc) is 2.91. The lowest BCUT2D eigenvalue weighted by atomic mass is 10.1. The zero-order chi connectivity index (χ0) is 13.9. The van der Waals surface area contributed by atoms with E-state index in [0.29, 0.717) is 5.88 Å². The van der Waals surface area contributed by atoms with Crippen molar-refractivity contribution in [3.05, 3.63) is 46.2 Å². The van der Waals surface area contributed by atoms with E-state index in [4.69, 9.17) is 9.84 Å². The summed E-state index contributed by atoms with van der Waals surface area (Å²) in [6.45, 7) is 1.81. The van der Waals surface area contributed by atoms with Crippen molar-refractivity contribution in [1.82, 2.24) is 9.97 Å². The van der Waals surface area contributed by atoms with E-state index in [-0.39, 0.29) is 13.2 Å². The Kier molecular flexibility index (Phi) is 3.84. The minimum atomic E-state index is -0.0337. The minimum Gasteiger partial charge on any atom is -0.474 e. The van der Waals surface area contributed by atoms with Crippen LogP contribution in [-0.4, -0.2) is 28.3 Å². The molecule has 0 unspecified atom stereocenters. The maximum atomic E-state index is 8.77. The van der Waals surface area contributed by atoms with Gasteiger partial charge in [-0.25, -0.2) is 0 Å². The van der Waals surface area contributed by atoms with Crippen molar-refractivity contribution < 1.29 is 9.84 Å². The van der Waals surface area contributed by atoms with Crippen LogP contribution in [0.25, 0.3) is 0 Å². The fourth-order valence-corrected chi connectivity index (χ4v) is 2.79. The number of rotatable bonds is 4. The standard InChI is InChI=1S/C14H14BrN3O2/c15-12-3-1-2-10-8-18(9-11(10)12)13-6-16-7-14(17-13)20-5-4-19/h1-3,6-7,19H,4-5,8-9H2. The van der Waals surface area contributed by atoms with Crippen molar-refractivity contribution in [3.63, 3.8) is 0 Å². The van der Waals surface area contributed by atoms with Crippen LogP contribution in [0.4, 0.5) is 5.82 Å². The van der Waals surface area contributed by atoms with Gasteiger partial charge in [0.15, 0.2) is 5.82 Å². The largest absolute Gasteiger partial charge is 0.474 e. The Labute approximate surface area is 125 Å². The minimum absolute atomic E-state index is 0.0337. The van der Waals surface area contributed by atoms with Crippen molar-refractivity contribution in [2.24, 2.45) is 0 Å². The first-order chi connectivity index (χ1) is 9.78. The van der Waals surface area contributed by atoms with Gasteiger partial charge in [0, 0.05) is 17.6 Å². The molecule has 0 saturated heterocycles. The summed E-state index contributed by atoms with van der Waals surface area (Å²) in [6, 6.07) is 6.22. The van der Waals surface area contributed by atoms with Gasteiger partial charge in [-0.15, -0.1) is 0 Å². The van der Waals surface area contributed by atoms with Gasteiger partial charge in [-0.05, 0) is 17.2 Å². The lowest BCUT2D eigenvalue weighted by Crippen LogP contribution is -2.17. The molecule has 20 heavy (non-hydrogen) atoms. The van der Waals surface area contributed by atoms with Crippen LogP contribution in [0.2, 0.25) is 0 Å². The molecule has 1 aromatic heterocycles. The number of halogens is 1. The molecule has 1 aromatic carbocycles. The maximum Gasteiger partial charge on any atom is 0.234 e. The Morgan fingerprint density at radius 2 is 2.20 bits per heavy atom. The molecule has 2 aromatic rings. The molecule has 1 N–H and O–H groups in total. The van der Waals surface area contributed by atoms with Crippen LogP contribution in [-0.2, 0) is 13.1 Å². The van der Waals surface area contributed by atoms with Crippen LogP contribution >= 0.6 is 15.9 Å².